The van der Waals surface area contributed by atoms with Crippen molar-refractivity contribution in [1.29, 1.82) is 0 Å². The number of aryl methyl sites for hydroxylation is 2. The molecule has 2 aliphatic rings. The number of aromatic nitrogens is 2. The number of piperidine rings is 2. The highest BCUT2D eigenvalue weighted by atomic mass is 16.2. The summed E-state index contributed by atoms with van der Waals surface area (Å²) in [5.41, 5.74) is 1.84. The van der Waals surface area contributed by atoms with Gasteiger partial charge in [0.2, 0.25) is 0 Å². The van der Waals surface area contributed by atoms with E-state index in [-0.39, 0.29) is 11.4 Å². The number of fused-ring (bicyclic) bond motifs is 1. The average Bonchev–Trinajstić information content (AvgIpc) is 2.86. The summed E-state index contributed by atoms with van der Waals surface area (Å²) >= 11 is 0. The molecule has 0 unspecified atom stereocenters. The van der Waals surface area contributed by atoms with Gasteiger partial charge < -0.3 is 10.2 Å². The summed E-state index contributed by atoms with van der Waals surface area (Å²) in [6.45, 7) is 6.36. The van der Waals surface area contributed by atoms with E-state index in [1.54, 1.807) is 4.68 Å². The van der Waals surface area contributed by atoms with Crippen LogP contribution in [0.3, 0.4) is 0 Å². The average molecular weight is 304 g/mol. The molecule has 0 bridgehead atoms. The number of nitrogens with one attached hydrogen (secondary N) is 1. The molecular weight excluding hydrogens is 276 g/mol. The van der Waals surface area contributed by atoms with Crippen molar-refractivity contribution in [2.45, 2.75) is 64.0 Å². The highest BCUT2D eigenvalue weighted by Gasteiger charge is 2.44. The van der Waals surface area contributed by atoms with Crippen molar-refractivity contribution < 1.29 is 4.79 Å². The Kier molecular flexibility index (Phi) is 4.26. The maximum atomic E-state index is 13.1. The molecule has 1 aromatic rings. The van der Waals surface area contributed by atoms with Crippen molar-refractivity contribution in [2.75, 3.05) is 13.1 Å². The van der Waals surface area contributed by atoms with Crippen molar-refractivity contribution in [1.82, 2.24) is 20.0 Å². The molecule has 3 heterocycles. The van der Waals surface area contributed by atoms with Gasteiger partial charge >= 0.3 is 0 Å². The summed E-state index contributed by atoms with van der Waals surface area (Å²) in [7, 11) is 1.88. The van der Waals surface area contributed by atoms with E-state index >= 15 is 0 Å². The van der Waals surface area contributed by atoms with Crippen LogP contribution in [0.1, 0.15) is 62.1 Å². The van der Waals surface area contributed by atoms with E-state index in [1.807, 2.05) is 13.1 Å². The molecule has 1 aromatic heterocycles. The maximum absolute atomic E-state index is 13.1. The fraction of sp³-hybridized carbons (Fsp3) is 0.765. The molecule has 1 N–H and O–H groups in total. The molecule has 22 heavy (non-hydrogen) atoms. The standard InChI is InChI=1S/C17H28N4O/c1-4-7-13-12-14(20(3)19-13)16(22)21-11-6-9-17(2)15(21)8-5-10-18-17/h12,15,18H,4-11H2,1-3H3/t15-,17+/m1/s1. The molecule has 2 fully saturated rings. The van der Waals surface area contributed by atoms with E-state index in [9.17, 15) is 4.79 Å². The SMILES string of the molecule is CCCc1cc(C(=O)N2CCC[C@]3(C)NCCC[C@@H]23)n(C)n1. The molecule has 2 saturated heterocycles. The van der Waals surface area contributed by atoms with Crippen LogP contribution in [-0.4, -0.2) is 45.3 Å². The van der Waals surface area contributed by atoms with Crippen LogP contribution >= 0.6 is 0 Å². The van der Waals surface area contributed by atoms with E-state index < -0.39 is 0 Å². The molecular formula is C17H28N4O. The van der Waals surface area contributed by atoms with Crippen molar-refractivity contribution in [2.24, 2.45) is 7.05 Å². The molecule has 5 heteroatoms. The highest BCUT2D eigenvalue weighted by molar-refractivity contribution is 5.93. The van der Waals surface area contributed by atoms with Crippen molar-refractivity contribution in [3.05, 3.63) is 17.5 Å². The summed E-state index contributed by atoms with van der Waals surface area (Å²) < 4.78 is 1.76. The van der Waals surface area contributed by atoms with Crippen LogP contribution in [-0.2, 0) is 13.5 Å². The number of hydrogen-bond donors (Lipinski definition) is 1. The first-order valence-electron chi connectivity index (χ1n) is 8.64. The molecule has 122 valence electrons. The monoisotopic (exact) mass is 304 g/mol. The first-order chi connectivity index (χ1) is 10.5. The highest BCUT2D eigenvalue weighted by Crippen LogP contribution is 2.34. The zero-order chi connectivity index (χ0) is 15.7. The predicted octanol–water partition coefficient (Wildman–Crippen LogP) is 2.12. The quantitative estimate of drug-likeness (QED) is 0.930. The number of rotatable bonds is 3. The van der Waals surface area contributed by atoms with Gasteiger partial charge in [0.1, 0.15) is 5.69 Å². The van der Waals surface area contributed by atoms with Crippen molar-refractivity contribution in [3.63, 3.8) is 0 Å². The lowest BCUT2D eigenvalue weighted by atomic mass is 9.77. The molecule has 0 saturated carbocycles. The van der Waals surface area contributed by atoms with E-state index in [1.165, 1.54) is 0 Å². The molecule has 5 nitrogen and oxygen atoms in total. The number of hydrogen-bond acceptors (Lipinski definition) is 3. The van der Waals surface area contributed by atoms with Gasteiger partial charge in [0, 0.05) is 25.2 Å². The first kappa shape index (κ1) is 15.5. The minimum atomic E-state index is 0.0804. The molecule has 0 spiro atoms. The van der Waals surface area contributed by atoms with E-state index in [0.717, 1.165) is 63.0 Å². The van der Waals surface area contributed by atoms with Crippen LogP contribution < -0.4 is 5.32 Å². The Morgan fingerprint density at radius 2 is 2.32 bits per heavy atom. The topological polar surface area (TPSA) is 50.2 Å². The smallest absolute Gasteiger partial charge is 0.272 e. The van der Waals surface area contributed by atoms with Gasteiger partial charge in [0.25, 0.3) is 5.91 Å². The van der Waals surface area contributed by atoms with Gasteiger partial charge in [-0.2, -0.15) is 5.10 Å². The molecule has 1 amide bonds. The summed E-state index contributed by atoms with van der Waals surface area (Å²) in [6.07, 6.45) is 6.48. The second kappa shape index (κ2) is 6.03. The predicted molar refractivity (Wildman–Crippen MR) is 86.9 cm³/mol. The van der Waals surface area contributed by atoms with Gasteiger partial charge in [-0.1, -0.05) is 13.3 Å². The zero-order valence-electron chi connectivity index (χ0n) is 14.1. The molecule has 2 atom stereocenters. The Bertz CT molecular complexity index is 549. The normalized spacial score (nSPS) is 28.5. The number of carbonyl (C=O) groups is 1. The van der Waals surface area contributed by atoms with Gasteiger partial charge in [-0.25, -0.2) is 0 Å². The second-order valence-corrected chi connectivity index (χ2v) is 7.00. The minimum Gasteiger partial charge on any atom is -0.332 e. The van der Waals surface area contributed by atoms with Crippen LogP contribution in [0.2, 0.25) is 0 Å². The largest absolute Gasteiger partial charge is 0.332 e. The van der Waals surface area contributed by atoms with Gasteiger partial charge in [-0.15, -0.1) is 0 Å². The molecule has 0 aliphatic carbocycles. The summed E-state index contributed by atoms with van der Waals surface area (Å²) in [5.74, 6) is 0.150. The Balaban J connectivity index is 1.84. The third-order valence-electron chi connectivity index (χ3n) is 5.31. The third kappa shape index (κ3) is 2.67. The molecule has 0 aromatic carbocycles. The fourth-order valence-electron chi connectivity index (χ4n) is 4.13. The van der Waals surface area contributed by atoms with Gasteiger partial charge in [0.05, 0.1) is 5.69 Å². The number of amides is 1. The Labute approximate surface area is 133 Å². The summed E-state index contributed by atoms with van der Waals surface area (Å²) in [5, 5.41) is 8.15. The second-order valence-electron chi connectivity index (χ2n) is 7.00. The van der Waals surface area contributed by atoms with Crippen LogP contribution in [0.4, 0.5) is 0 Å². The Morgan fingerprint density at radius 3 is 3.09 bits per heavy atom. The Morgan fingerprint density at radius 1 is 1.50 bits per heavy atom. The van der Waals surface area contributed by atoms with Crippen LogP contribution in [0, 0.1) is 0 Å². The van der Waals surface area contributed by atoms with E-state index in [2.05, 4.69) is 29.2 Å². The van der Waals surface area contributed by atoms with Crippen LogP contribution in [0.25, 0.3) is 0 Å². The third-order valence-corrected chi connectivity index (χ3v) is 5.31. The molecule has 3 rings (SSSR count). The zero-order valence-corrected chi connectivity index (χ0v) is 14.1. The lowest BCUT2D eigenvalue weighted by molar-refractivity contribution is 0.0245. The molecule has 0 radical (unpaired) electrons. The van der Waals surface area contributed by atoms with Crippen LogP contribution in [0.15, 0.2) is 6.07 Å². The van der Waals surface area contributed by atoms with E-state index in [4.69, 9.17) is 0 Å². The number of likely N-dealkylation sites (tertiary alicyclic amines) is 1. The lowest BCUT2D eigenvalue weighted by Crippen LogP contribution is -2.65. The van der Waals surface area contributed by atoms with E-state index in [0.29, 0.717) is 6.04 Å². The van der Waals surface area contributed by atoms with Gasteiger partial charge in [-0.3, -0.25) is 9.48 Å². The summed E-state index contributed by atoms with van der Waals surface area (Å²) in [4.78, 5) is 15.2. The molecule has 2 aliphatic heterocycles. The Hall–Kier alpha value is -1.36. The first-order valence-corrected chi connectivity index (χ1v) is 8.64. The van der Waals surface area contributed by atoms with Crippen LogP contribution in [0.5, 0.6) is 0 Å². The van der Waals surface area contributed by atoms with Crippen molar-refractivity contribution in [3.8, 4) is 0 Å². The van der Waals surface area contributed by atoms with Crippen molar-refractivity contribution >= 4 is 5.91 Å². The number of carbonyl (C=O) groups excluding carboxylic acids is 1. The van der Waals surface area contributed by atoms with Gasteiger partial charge in [0.15, 0.2) is 0 Å². The minimum absolute atomic E-state index is 0.0804. The fourth-order valence-corrected chi connectivity index (χ4v) is 4.13. The van der Waals surface area contributed by atoms with Gasteiger partial charge in [-0.05, 0) is 51.6 Å². The lowest BCUT2D eigenvalue weighted by Gasteiger charge is -2.51. The number of nitrogens with zero attached hydrogens (tertiary/aromatic N) is 3. The maximum Gasteiger partial charge on any atom is 0.272 e. The summed E-state index contributed by atoms with van der Waals surface area (Å²) in [6, 6.07) is 2.29.